The second-order valence-electron chi connectivity index (χ2n) is 3.19. The summed E-state index contributed by atoms with van der Waals surface area (Å²) in [7, 11) is 0. The summed E-state index contributed by atoms with van der Waals surface area (Å²) >= 11 is 3.23. The van der Waals surface area contributed by atoms with Gasteiger partial charge in [0.05, 0.1) is 10.2 Å². The second kappa shape index (κ2) is 3.54. The van der Waals surface area contributed by atoms with Gasteiger partial charge < -0.3 is 9.72 Å². The van der Waals surface area contributed by atoms with Crippen LogP contribution in [-0.2, 0) is 4.74 Å². The lowest BCUT2D eigenvalue weighted by atomic mass is 9.96. The summed E-state index contributed by atoms with van der Waals surface area (Å²) in [6.07, 6.45) is 5.00. The fourth-order valence-corrected chi connectivity index (χ4v) is 1.55. The summed E-state index contributed by atoms with van der Waals surface area (Å²) in [6.45, 7) is 0. The van der Waals surface area contributed by atoms with Gasteiger partial charge in [-0.3, -0.25) is 0 Å². The van der Waals surface area contributed by atoms with Crippen molar-refractivity contribution in [1.29, 1.82) is 0 Å². The number of hydrogen-bond donors (Lipinski definition) is 1. The van der Waals surface area contributed by atoms with Gasteiger partial charge in [0.2, 0.25) is 0 Å². The molecule has 4 heteroatoms. The summed E-state index contributed by atoms with van der Waals surface area (Å²) in [5.41, 5.74) is 0.582. The third kappa shape index (κ3) is 1.94. The number of hydrogen-bond acceptors (Lipinski definition) is 2. The molecule has 1 aliphatic carbocycles. The SMILES string of the molecule is O=C(OC1CCC1)c1c[nH]c(Br)c1. The van der Waals surface area contributed by atoms with Gasteiger partial charge in [-0.25, -0.2) is 4.79 Å². The van der Waals surface area contributed by atoms with Gasteiger partial charge in [0, 0.05) is 6.20 Å². The highest BCUT2D eigenvalue weighted by atomic mass is 79.9. The molecular formula is C9H10BrNO2. The van der Waals surface area contributed by atoms with E-state index in [9.17, 15) is 4.79 Å². The molecule has 1 saturated carbocycles. The van der Waals surface area contributed by atoms with Crippen LogP contribution >= 0.6 is 15.9 Å². The van der Waals surface area contributed by atoms with E-state index in [-0.39, 0.29) is 12.1 Å². The zero-order valence-electron chi connectivity index (χ0n) is 7.05. The van der Waals surface area contributed by atoms with E-state index in [2.05, 4.69) is 20.9 Å². The Morgan fingerprint density at radius 3 is 2.85 bits per heavy atom. The number of esters is 1. The average Bonchev–Trinajstić information content (AvgIpc) is 2.44. The number of H-pyrrole nitrogens is 1. The quantitative estimate of drug-likeness (QED) is 0.812. The van der Waals surface area contributed by atoms with Crippen molar-refractivity contribution in [2.45, 2.75) is 25.4 Å². The normalized spacial score (nSPS) is 16.7. The van der Waals surface area contributed by atoms with Crippen LogP contribution in [-0.4, -0.2) is 17.1 Å². The van der Waals surface area contributed by atoms with E-state index in [1.807, 2.05) is 0 Å². The largest absolute Gasteiger partial charge is 0.459 e. The predicted octanol–water partition coefficient (Wildman–Crippen LogP) is 2.49. The van der Waals surface area contributed by atoms with Crippen LogP contribution < -0.4 is 0 Å². The number of aromatic amines is 1. The van der Waals surface area contributed by atoms with Crippen LogP contribution in [0.3, 0.4) is 0 Å². The number of ether oxygens (including phenoxy) is 1. The number of nitrogens with one attached hydrogen (secondary N) is 1. The van der Waals surface area contributed by atoms with Crippen molar-refractivity contribution in [1.82, 2.24) is 4.98 Å². The molecule has 1 aliphatic rings. The van der Waals surface area contributed by atoms with Crippen molar-refractivity contribution in [3.63, 3.8) is 0 Å². The van der Waals surface area contributed by atoms with Gasteiger partial charge in [-0.2, -0.15) is 0 Å². The first kappa shape index (κ1) is 8.81. The third-order valence-electron chi connectivity index (χ3n) is 2.21. The number of aromatic nitrogens is 1. The molecule has 0 spiro atoms. The molecule has 70 valence electrons. The van der Waals surface area contributed by atoms with Gasteiger partial charge in [0.1, 0.15) is 6.10 Å². The summed E-state index contributed by atoms with van der Waals surface area (Å²) in [5, 5.41) is 0. The fourth-order valence-electron chi connectivity index (χ4n) is 1.19. The Hall–Kier alpha value is -0.770. The molecule has 0 atom stereocenters. The lowest BCUT2D eigenvalue weighted by Crippen LogP contribution is -2.24. The number of halogens is 1. The first-order valence-corrected chi connectivity index (χ1v) is 5.10. The molecule has 1 heterocycles. The molecule has 0 amide bonds. The lowest BCUT2D eigenvalue weighted by molar-refractivity contribution is 0.00903. The maximum atomic E-state index is 11.4. The van der Waals surface area contributed by atoms with E-state index in [0.29, 0.717) is 5.56 Å². The molecule has 1 N–H and O–H groups in total. The van der Waals surface area contributed by atoms with Crippen molar-refractivity contribution in [3.05, 3.63) is 22.4 Å². The van der Waals surface area contributed by atoms with E-state index in [1.165, 1.54) is 6.42 Å². The standard InChI is InChI=1S/C9H10BrNO2/c10-8-4-6(5-11-8)9(12)13-7-2-1-3-7/h4-5,7,11H,1-3H2. The van der Waals surface area contributed by atoms with Crippen molar-refractivity contribution in [2.24, 2.45) is 0 Å². The molecule has 3 nitrogen and oxygen atoms in total. The highest BCUT2D eigenvalue weighted by molar-refractivity contribution is 9.10. The van der Waals surface area contributed by atoms with Crippen LogP contribution in [0.4, 0.5) is 0 Å². The van der Waals surface area contributed by atoms with Crippen LogP contribution in [0.2, 0.25) is 0 Å². The Labute approximate surface area is 84.6 Å². The Morgan fingerprint density at radius 2 is 2.38 bits per heavy atom. The smallest absolute Gasteiger partial charge is 0.339 e. The monoisotopic (exact) mass is 243 g/mol. The van der Waals surface area contributed by atoms with Crippen molar-refractivity contribution < 1.29 is 9.53 Å². The van der Waals surface area contributed by atoms with Gasteiger partial charge in [-0.1, -0.05) is 0 Å². The molecular weight excluding hydrogens is 234 g/mol. The molecule has 0 aromatic carbocycles. The minimum Gasteiger partial charge on any atom is -0.459 e. The van der Waals surface area contributed by atoms with Crippen LogP contribution in [0.15, 0.2) is 16.9 Å². The highest BCUT2D eigenvalue weighted by Crippen LogP contribution is 2.23. The zero-order valence-corrected chi connectivity index (χ0v) is 8.63. The first-order chi connectivity index (χ1) is 6.25. The summed E-state index contributed by atoms with van der Waals surface area (Å²) in [4.78, 5) is 14.3. The van der Waals surface area contributed by atoms with Gasteiger partial charge in [0.25, 0.3) is 0 Å². The number of carbonyl (C=O) groups excluding carboxylic acids is 1. The van der Waals surface area contributed by atoms with Gasteiger partial charge in [0.15, 0.2) is 0 Å². The fraction of sp³-hybridized carbons (Fsp3) is 0.444. The van der Waals surface area contributed by atoms with E-state index in [1.54, 1.807) is 12.3 Å². The number of rotatable bonds is 2. The Kier molecular flexibility index (Phi) is 2.40. The van der Waals surface area contributed by atoms with Crippen LogP contribution in [0.5, 0.6) is 0 Å². The number of carbonyl (C=O) groups is 1. The molecule has 0 saturated heterocycles. The van der Waals surface area contributed by atoms with Gasteiger partial charge in [-0.15, -0.1) is 0 Å². The van der Waals surface area contributed by atoms with E-state index < -0.39 is 0 Å². The van der Waals surface area contributed by atoms with Crippen LogP contribution in [0.25, 0.3) is 0 Å². The van der Waals surface area contributed by atoms with E-state index in [0.717, 1.165) is 17.4 Å². The van der Waals surface area contributed by atoms with E-state index >= 15 is 0 Å². The van der Waals surface area contributed by atoms with Gasteiger partial charge in [-0.05, 0) is 41.3 Å². The Balaban J connectivity index is 1.96. The van der Waals surface area contributed by atoms with Gasteiger partial charge >= 0.3 is 5.97 Å². The maximum Gasteiger partial charge on any atom is 0.339 e. The molecule has 0 bridgehead atoms. The van der Waals surface area contributed by atoms with E-state index in [4.69, 9.17) is 4.74 Å². The van der Waals surface area contributed by atoms with Crippen LogP contribution in [0, 0.1) is 0 Å². The molecule has 1 aromatic rings. The molecule has 1 fully saturated rings. The summed E-state index contributed by atoms with van der Waals surface area (Å²) in [5.74, 6) is -0.230. The Bertz CT molecular complexity index is 317. The van der Waals surface area contributed by atoms with Crippen molar-refractivity contribution in [2.75, 3.05) is 0 Å². The molecule has 13 heavy (non-hydrogen) atoms. The average molecular weight is 244 g/mol. The molecule has 0 radical (unpaired) electrons. The first-order valence-electron chi connectivity index (χ1n) is 4.30. The minimum absolute atomic E-state index is 0.154. The lowest BCUT2D eigenvalue weighted by Gasteiger charge is -2.24. The second-order valence-corrected chi connectivity index (χ2v) is 4.05. The zero-order chi connectivity index (χ0) is 9.26. The summed E-state index contributed by atoms with van der Waals surface area (Å²) < 4.78 is 6.01. The molecule has 1 aromatic heterocycles. The highest BCUT2D eigenvalue weighted by Gasteiger charge is 2.22. The van der Waals surface area contributed by atoms with Crippen molar-refractivity contribution in [3.8, 4) is 0 Å². The van der Waals surface area contributed by atoms with Crippen LogP contribution in [0.1, 0.15) is 29.6 Å². The van der Waals surface area contributed by atoms with Crippen molar-refractivity contribution >= 4 is 21.9 Å². The third-order valence-corrected chi connectivity index (χ3v) is 2.67. The summed E-state index contributed by atoms with van der Waals surface area (Å²) in [6, 6.07) is 1.72. The molecule has 0 aliphatic heterocycles. The molecule has 2 rings (SSSR count). The molecule has 0 unspecified atom stereocenters. The minimum atomic E-state index is -0.230. The predicted molar refractivity (Wildman–Crippen MR) is 51.5 cm³/mol. The Morgan fingerprint density at radius 1 is 1.62 bits per heavy atom. The maximum absolute atomic E-state index is 11.4. The topological polar surface area (TPSA) is 42.1 Å².